The quantitative estimate of drug-likeness (QED) is 0.712. The Kier molecular flexibility index (Phi) is 8.23. The summed E-state index contributed by atoms with van der Waals surface area (Å²) in [5, 5.41) is 1.43. The van der Waals surface area contributed by atoms with Gasteiger partial charge in [-0.1, -0.05) is 47.5 Å². The van der Waals surface area contributed by atoms with E-state index in [1.54, 1.807) is 0 Å². The SMILES string of the molecule is CN(C)CCOC(c1ccc(Cl)cc1)c1cccc(Cl)c1.Cl. The predicted octanol–water partition coefficient (Wildman–Crippen LogP) is 5.08. The molecule has 0 saturated heterocycles. The summed E-state index contributed by atoms with van der Waals surface area (Å²) in [5.74, 6) is 0. The third-order valence-electron chi connectivity index (χ3n) is 3.15. The molecule has 2 aromatic carbocycles. The second-order valence-electron chi connectivity index (χ2n) is 5.16. The number of halogens is 3. The van der Waals surface area contributed by atoms with Crippen molar-refractivity contribution in [3.63, 3.8) is 0 Å². The van der Waals surface area contributed by atoms with Crippen LogP contribution in [0.4, 0.5) is 0 Å². The van der Waals surface area contributed by atoms with Gasteiger partial charge in [0.25, 0.3) is 0 Å². The maximum absolute atomic E-state index is 6.10. The van der Waals surface area contributed by atoms with E-state index in [2.05, 4.69) is 4.90 Å². The lowest BCUT2D eigenvalue weighted by Crippen LogP contribution is -2.20. The first-order valence-electron chi connectivity index (χ1n) is 6.83. The van der Waals surface area contributed by atoms with Gasteiger partial charge in [0.2, 0.25) is 0 Å². The summed E-state index contributed by atoms with van der Waals surface area (Å²) in [4.78, 5) is 2.09. The second kappa shape index (κ2) is 9.39. The van der Waals surface area contributed by atoms with Gasteiger partial charge in [-0.2, -0.15) is 0 Å². The molecule has 0 spiro atoms. The number of hydrogen-bond acceptors (Lipinski definition) is 2. The third-order valence-corrected chi connectivity index (χ3v) is 3.63. The zero-order valence-electron chi connectivity index (χ0n) is 12.6. The van der Waals surface area contributed by atoms with E-state index in [9.17, 15) is 0 Å². The Morgan fingerprint density at radius 3 is 2.23 bits per heavy atom. The molecule has 0 aliphatic heterocycles. The van der Waals surface area contributed by atoms with Crippen LogP contribution in [0.2, 0.25) is 10.0 Å². The molecule has 0 aliphatic rings. The molecule has 2 rings (SSSR count). The van der Waals surface area contributed by atoms with E-state index >= 15 is 0 Å². The Hall–Kier alpha value is -0.770. The van der Waals surface area contributed by atoms with E-state index in [1.807, 2.05) is 62.6 Å². The number of rotatable bonds is 6. The van der Waals surface area contributed by atoms with Crippen LogP contribution in [0.15, 0.2) is 48.5 Å². The van der Waals surface area contributed by atoms with Crippen LogP contribution in [-0.4, -0.2) is 32.1 Å². The molecule has 120 valence electrons. The summed E-state index contributed by atoms with van der Waals surface area (Å²) in [5.41, 5.74) is 2.11. The van der Waals surface area contributed by atoms with Crippen LogP contribution in [0.1, 0.15) is 17.2 Å². The Labute approximate surface area is 148 Å². The summed E-state index contributed by atoms with van der Waals surface area (Å²) in [7, 11) is 4.06. The number of benzene rings is 2. The zero-order chi connectivity index (χ0) is 15.2. The first kappa shape index (κ1) is 19.3. The van der Waals surface area contributed by atoms with Crippen molar-refractivity contribution in [2.75, 3.05) is 27.2 Å². The number of ether oxygens (including phenoxy) is 1. The highest BCUT2D eigenvalue weighted by molar-refractivity contribution is 6.30. The molecular weight excluding hydrogens is 341 g/mol. The normalized spacial score (nSPS) is 12.0. The van der Waals surface area contributed by atoms with Gasteiger partial charge in [-0.25, -0.2) is 0 Å². The monoisotopic (exact) mass is 359 g/mol. The van der Waals surface area contributed by atoms with Crippen LogP contribution >= 0.6 is 35.6 Å². The van der Waals surface area contributed by atoms with Crippen molar-refractivity contribution in [2.24, 2.45) is 0 Å². The minimum absolute atomic E-state index is 0. The largest absolute Gasteiger partial charge is 0.367 e. The summed E-state index contributed by atoms with van der Waals surface area (Å²) in [6.45, 7) is 1.51. The smallest absolute Gasteiger partial charge is 0.108 e. The van der Waals surface area contributed by atoms with E-state index < -0.39 is 0 Å². The third kappa shape index (κ3) is 5.79. The van der Waals surface area contributed by atoms with Gasteiger partial charge in [0, 0.05) is 16.6 Å². The van der Waals surface area contributed by atoms with Gasteiger partial charge < -0.3 is 9.64 Å². The summed E-state index contributed by atoms with van der Waals surface area (Å²) in [6.07, 6.45) is -0.138. The Bertz CT molecular complexity index is 572. The fourth-order valence-electron chi connectivity index (χ4n) is 2.05. The van der Waals surface area contributed by atoms with Gasteiger partial charge in [0.15, 0.2) is 0 Å². The van der Waals surface area contributed by atoms with E-state index in [4.69, 9.17) is 27.9 Å². The van der Waals surface area contributed by atoms with Crippen LogP contribution in [0.3, 0.4) is 0 Å². The molecule has 0 radical (unpaired) electrons. The molecule has 0 aliphatic carbocycles. The molecule has 0 aromatic heterocycles. The molecule has 0 N–H and O–H groups in total. The van der Waals surface area contributed by atoms with Crippen molar-refractivity contribution < 1.29 is 4.74 Å². The summed E-state index contributed by atoms with van der Waals surface area (Å²) >= 11 is 12.1. The average Bonchev–Trinajstić information content (AvgIpc) is 2.44. The standard InChI is InChI=1S/C17H19Cl2NO.ClH/c1-20(2)10-11-21-17(13-6-8-15(18)9-7-13)14-4-3-5-16(19)12-14;/h3-9,12,17H,10-11H2,1-2H3;1H. The molecule has 2 aromatic rings. The maximum atomic E-state index is 6.10. The fourth-order valence-corrected chi connectivity index (χ4v) is 2.37. The molecule has 1 atom stereocenters. The van der Waals surface area contributed by atoms with Gasteiger partial charge in [-0.15, -0.1) is 12.4 Å². The van der Waals surface area contributed by atoms with Crippen LogP contribution in [0, 0.1) is 0 Å². The maximum Gasteiger partial charge on any atom is 0.108 e. The van der Waals surface area contributed by atoms with Crippen LogP contribution in [-0.2, 0) is 4.74 Å². The highest BCUT2D eigenvalue weighted by atomic mass is 35.5. The molecule has 5 heteroatoms. The Balaban J connectivity index is 0.00000242. The fraction of sp³-hybridized carbons (Fsp3) is 0.294. The predicted molar refractivity (Wildman–Crippen MR) is 96.5 cm³/mol. The highest BCUT2D eigenvalue weighted by Crippen LogP contribution is 2.28. The lowest BCUT2D eigenvalue weighted by atomic mass is 10.0. The first-order valence-corrected chi connectivity index (χ1v) is 7.59. The molecule has 1 unspecified atom stereocenters. The van der Waals surface area contributed by atoms with Crippen LogP contribution in [0.25, 0.3) is 0 Å². The van der Waals surface area contributed by atoms with Crippen molar-refractivity contribution in [3.8, 4) is 0 Å². The van der Waals surface area contributed by atoms with Gasteiger partial charge in [-0.05, 0) is 49.5 Å². The molecule has 0 heterocycles. The number of hydrogen-bond donors (Lipinski definition) is 0. The van der Waals surface area contributed by atoms with Crippen molar-refractivity contribution in [1.29, 1.82) is 0 Å². The topological polar surface area (TPSA) is 12.5 Å². The van der Waals surface area contributed by atoms with Crippen molar-refractivity contribution in [1.82, 2.24) is 4.90 Å². The summed E-state index contributed by atoms with van der Waals surface area (Å²) in [6, 6.07) is 15.5. The number of likely N-dealkylation sites (N-methyl/N-ethyl adjacent to an activating group) is 1. The van der Waals surface area contributed by atoms with Crippen molar-refractivity contribution >= 4 is 35.6 Å². The van der Waals surface area contributed by atoms with Gasteiger partial charge >= 0.3 is 0 Å². The average molecular weight is 361 g/mol. The molecule has 0 amide bonds. The van der Waals surface area contributed by atoms with Crippen molar-refractivity contribution in [2.45, 2.75) is 6.10 Å². The second-order valence-corrected chi connectivity index (χ2v) is 6.03. The lowest BCUT2D eigenvalue weighted by Gasteiger charge is -2.20. The van der Waals surface area contributed by atoms with E-state index in [1.165, 1.54) is 0 Å². The zero-order valence-corrected chi connectivity index (χ0v) is 15.0. The molecular formula is C17H20Cl3NO. The van der Waals surface area contributed by atoms with Crippen molar-refractivity contribution in [3.05, 3.63) is 69.7 Å². The lowest BCUT2D eigenvalue weighted by molar-refractivity contribution is 0.0687. The Morgan fingerprint density at radius 1 is 0.955 bits per heavy atom. The molecule has 0 bridgehead atoms. The molecule has 0 saturated carbocycles. The highest BCUT2D eigenvalue weighted by Gasteiger charge is 2.15. The van der Waals surface area contributed by atoms with E-state index in [-0.39, 0.29) is 18.5 Å². The summed E-state index contributed by atoms with van der Waals surface area (Å²) < 4.78 is 6.08. The van der Waals surface area contributed by atoms with E-state index in [0.717, 1.165) is 22.7 Å². The van der Waals surface area contributed by atoms with Crippen LogP contribution < -0.4 is 0 Å². The molecule has 2 nitrogen and oxygen atoms in total. The minimum atomic E-state index is -0.138. The van der Waals surface area contributed by atoms with Gasteiger partial charge in [-0.3, -0.25) is 0 Å². The molecule has 0 fully saturated rings. The van der Waals surface area contributed by atoms with Gasteiger partial charge in [0.1, 0.15) is 6.10 Å². The number of nitrogens with zero attached hydrogens (tertiary/aromatic N) is 1. The minimum Gasteiger partial charge on any atom is -0.367 e. The van der Waals surface area contributed by atoms with E-state index in [0.29, 0.717) is 11.6 Å². The first-order chi connectivity index (χ1) is 10.1. The Morgan fingerprint density at radius 2 is 1.64 bits per heavy atom. The van der Waals surface area contributed by atoms with Crippen LogP contribution in [0.5, 0.6) is 0 Å². The van der Waals surface area contributed by atoms with Gasteiger partial charge in [0.05, 0.1) is 6.61 Å². The molecule has 22 heavy (non-hydrogen) atoms.